The summed E-state index contributed by atoms with van der Waals surface area (Å²) in [7, 11) is 0. The minimum Gasteiger partial charge on any atom is -0.550 e. The van der Waals surface area contributed by atoms with Crippen LogP contribution in [0.4, 0.5) is 0 Å². The molecule has 122 valence electrons. The number of carboxylic acids is 4. The van der Waals surface area contributed by atoms with Gasteiger partial charge in [0.2, 0.25) is 0 Å². The maximum Gasteiger partial charge on any atom is 1.00 e. The molecular weight excluding hydrogens is 311 g/mol. The zero-order chi connectivity index (χ0) is 14.2. The molecule has 0 aliphatic carbocycles. The van der Waals surface area contributed by atoms with Crippen molar-refractivity contribution in [1.82, 2.24) is 0 Å². The Morgan fingerprint density at radius 2 is 1.10 bits per heavy atom. The maximum atomic E-state index is 10.3. The molecule has 0 heterocycles. The molecule has 0 amide bonds. The fourth-order valence-electron chi connectivity index (χ4n) is 0.714. The Kier molecular flexibility index (Phi) is 29.3. The molecule has 0 atom stereocenters. The van der Waals surface area contributed by atoms with Crippen LogP contribution in [0.1, 0.15) is 19.8 Å². The molecule has 13 heteroatoms. The Hall–Kier alpha value is -1.28. The normalized spacial score (nSPS) is 7.90. The van der Waals surface area contributed by atoms with E-state index in [2.05, 4.69) is 0 Å². The molecule has 0 unspecified atom stereocenters. The van der Waals surface area contributed by atoms with Crippen LogP contribution in [0.3, 0.4) is 0 Å². The van der Waals surface area contributed by atoms with Crippen molar-refractivity contribution in [3.8, 4) is 0 Å². The molecule has 12 nitrogen and oxygen atoms in total. The molecule has 10 N–H and O–H groups in total. The van der Waals surface area contributed by atoms with Crippen LogP contribution in [0.5, 0.6) is 0 Å². The number of aliphatic hydroxyl groups is 1. The number of hydrogen-bond acceptors (Lipinski definition) is 6. The smallest absolute Gasteiger partial charge is 0.550 e. The van der Waals surface area contributed by atoms with E-state index in [0.29, 0.717) is 0 Å². The van der Waals surface area contributed by atoms with Crippen LogP contribution in [-0.4, -0.2) is 66.3 Å². The Balaban J connectivity index is -0.0000000629. The molecule has 0 aliphatic rings. The minimum absolute atomic E-state index is 0. The van der Waals surface area contributed by atoms with E-state index in [1.54, 1.807) is 0 Å². The van der Waals surface area contributed by atoms with Crippen LogP contribution in [-0.2, 0) is 19.2 Å². The number of rotatable bonds is 5. The number of aliphatic carboxylic acids is 4. The van der Waals surface area contributed by atoms with Crippen molar-refractivity contribution in [2.24, 2.45) is 0 Å². The van der Waals surface area contributed by atoms with E-state index in [9.17, 15) is 14.4 Å². The second-order valence-electron chi connectivity index (χ2n) is 2.97. The molecule has 0 aliphatic heterocycles. The van der Waals surface area contributed by atoms with Gasteiger partial charge in [-0.3, -0.25) is 9.59 Å². The fraction of sp³-hybridized carbons (Fsp3) is 0.500. The first-order chi connectivity index (χ1) is 7.51. The summed E-state index contributed by atoms with van der Waals surface area (Å²) in [5, 5.41) is 42.7. The molecule has 0 rings (SSSR count). The molecule has 0 bridgehead atoms. The topological polar surface area (TPSA) is 267 Å². The van der Waals surface area contributed by atoms with Crippen molar-refractivity contribution in [3.05, 3.63) is 0 Å². The average Bonchev–Trinajstić information content (AvgIpc) is 1.98. The van der Waals surface area contributed by atoms with Gasteiger partial charge in [-0.25, -0.2) is 4.79 Å². The van der Waals surface area contributed by atoms with Gasteiger partial charge >= 0.3 is 47.5 Å². The van der Waals surface area contributed by atoms with Crippen molar-refractivity contribution < 1.29 is 90.7 Å². The first-order valence-electron chi connectivity index (χ1n) is 4.08. The van der Waals surface area contributed by atoms with Crippen molar-refractivity contribution >= 4 is 23.9 Å². The Bertz CT molecular complexity index is 307. The predicted octanol–water partition coefficient (Wildman–Crippen LogP) is -7.96. The average molecular weight is 328 g/mol. The standard InChI is InChI=1S/C6H8O7.C2H4O2.Na.3H2O/c7-3(8)1-6(13,5(11)12)2-4(9)10;1-2(3)4;;;;/h13H,1-2H2,(H,7,8)(H,9,10)(H,11,12);1H3,(H,3,4);;3*1H2/q;;+1;;;/p-1. The van der Waals surface area contributed by atoms with E-state index in [1.807, 2.05) is 0 Å². The second-order valence-corrected chi connectivity index (χ2v) is 2.97. The first-order valence-corrected chi connectivity index (χ1v) is 4.08. The van der Waals surface area contributed by atoms with Gasteiger partial charge in [0.1, 0.15) is 0 Å². The maximum absolute atomic E-state index is 10.3. The summed E-state index contributed by atoms with van der Waals surface area (Å²) >= 11 is 0. The number of carbonyl (C=O) groups excluding carboxylic acids is 1. The third kappa shape index (κ3) is 24.2. The third-order valence-corrected chi connectivity index (χ3v) is 1.29. The van der Waals surface area contributed by atoms with Gasteiger partial charge in [-0.1, -0.05) is 0 Å². The summed E-state index contributed by atoms with van der Waals surface area (Å²) < 4.78 is 0. The van der Waals surface area contributed by atoms with Gasteiger partial charge in [0.05, 0.1) is 12.8 Å². The molecule has 0 spiro atoms. The van der Waals surface area contributed by atoms with Crippen molar-refractivity contribution in [2.75, 3.05) is 0 Å². The van der Waals surface area contributed by atoms with Gasteiger partial charge in [-0.15, -0.1) is 0 Å². The van der Waals surface area contributed by atoms with Gasteiger partial charge in [0, 0.05) is 5.97 Å². The van der Waals surface area contributed by atoms with E-state index in [4.69, 9.17) is 30.3 Å². The Morgan fingerprint density at radius 3 is 1.19 bits per heavy atom. The zero-order valence-corrected chi connectivity index (χ0v) is 13.2. The van der Waals surface area contributed by atoms with E-state index in [1.165, 1.54) is 0 Å². The first kappa shape index (κ1) is 36.7. The van der Waals surface area contributed by atoms with Gasteiger partial charge in [-0.05, 0) is 6.92 Å². The second kappa shape index (κ2) is 16.8. The molecule has 0 aromatic carbocycles. The Morgan fingerprint density at radius 1 is 0.905 bits per heavy atom. The van der Waals surface area contributed by atoms with E-state index in [0.717, 1.165) is 6.92 Å². The van der Waals surface area contributed by atoms with Gasteiger partial charge in [0.15, 0.2) is 5.60 Å². The van der Waals surface area contributed by atoms with Gasteiger partial charge < -0.3 is 46.8 Å². The molecule has 0 fully saturated rings. The van der Waals surface area contributed by atoms with E-state index < -0.39 is 42.3 Å². The fourth-order valence-corrected chi connectivity index (χ4v) is 0.714. The number of carbonyl (C=O) groups is 4. The van der Waals surface area contributed by atoms with E-state index >= 15 is 0 Å². The summed E-state index contributed by atoms with van der Waals surface area (Å²) in [6.07, 6.45) is -2.29. The molecular formula is C8H17NaO12. The third-order valence-electron chi connectivity index (χ3n) is 1.29. The number of hydrogen-bond donors (Lipinski definition) is 4. The van der Waals surface area contributed by atoms with Gasteiger partial charge in [0.25, 0.3) is 0 Å². The van der Waals surface area contributed by atoms with Gasteiger partial charge in [-0.2, -0.15) is 0 Å². The summed E-state index contributed by atoms with van der Waals surface area (Å²) in [5.74, 6) is -6.10. The monoisotopic (exact) mass is 328 g/mol. The van der Waals surface area contributed by atoms with Crippen LogP contribution >= 0.6 is 0 Å². The SMILES string of the molecule is CC(=O)[O-].O.O.O.O=C(O)CC(O)(CC(=O)O)C(=O)O.[Na+]. The van der Waals surface area contributed by atoms with E-state index in [-0.39, 0.29) is 46.0 Å². The molecule has 21 heavy (non-hydrogen) atoms. The Labute approximate surface area is 140 Å². The van der Waals surface area contributed by atoms with Crippen LogP contribution < -0.4 is 34.7 Å². The number of carboxylic acid groups (broad SMARTS) is 4. The van der Waals surface area contributed by atoms with Crippen molar-refractivity contribution in [3.63, 3.8) is 0 Å². The van der Waals surface area contributed by atoms with Crippen LogP contribution in [0, 0.1) is 0 Å². The summed E-state index contributed by atoms with van der Waals surface area (Å²) in [5.41, 5.74) is -2.74. The molecule has 0 aromatic heterocycles. The molecule has 0 aromatic rings. The summed E-state index contributed by atoms with van der Waals surface area (Å²) in [6.45, 7) is 0.972. The zero-order valence-electron chi connectivity index (χ0n) is 11.2. The van der Waals surface area contributed by atoms with Crippen molar-refractivity contribution in [1.29, 1.82) is 0 Å². The quantitative estimate of drug-likeness (QED) is 0.348. The van der Waals surface area contributed by atoms with Crippen molar-refractivity contribution in [2.45, 2.75) is 25.4 Å². The minimum atomic E-state index is -2.74. The molecule has 0 radical (unpaired) electrons. The largest absolute Gasteiger partial charge is 1.00 e. The van der Waals surface area contributed by atoms with Crippen LogP contribution in [0.2, 0.25) is 0 Å². The molecule has 0 saturated carbocycles. The summed E-state index contributed by atoms with van der Waals surface area (Å²) in [4.78, 5) is 39.4. The van der Waals surface area contributed by atoms with Crippen LogP contribution in [0.25, 0.3) is 0 Å². The molecule has 0 saturated heterocycles. The summed E-state index contributed by atoms with van der Waals surface area (Å²) in [6, 6.07) is 0. The predicted molar refractivity (Wildman–Crippen MR) is 58.6 cm³/mol. The van der Waals surface area contributed by atoms with Crippen LogP contribution in [0.15, 0.2) is 0 Å².